The van der Waals surface area contributed by atoms with E-state index < -0.39 is 0 Å². The minimum absolute atomic E-state index is 0.0151. The van der Waals surface area contributed by atoms with Crippen LogP contribution in [0.2, 0.25) is 0 Å². The van der Waals surface area contributed by atoms with Gasteiger partial charge < -0.3 is 19.7 Å². The van der Waals surface area contributed by atoms with Crippen molar-refractivity contribution >= 4 is 23.3 Å². The molecule has 0 radical (unpaired) electrons. The zero-order valence-electron chi connectivity index (χ0n) is 15.2. The number of rotatable bonds is 9. The summed E-state index contributed by atoms with van der Waals surface area (Å²) in [5.41, 5.74) is 0.995. The SMILES string of the molecule is CN=C(NCCCCC(=O)OC)N(C)Cc1csc(C(C)OC)n1. The number of hydrogen-bond acceptors (Lipinski definition) is 6. The molecule has 1 aromatic heterocycles. The summed E-state index contributed by atoms with van der Waals surface area (Å²) in [6.45, 7) is 3.42. The number of unbranched alkanes of at least 4 members (excludes halogenated alkanes) is 1. The van der Waals surface area contributed by atoms with Gasteiger partial charge in [0.15, 0.2) is 5.96 Å². The maximum Gasteiger partial charge on any atom is 0.305 e. The van der Waals surface area contributed by atoms with Crippen molar-refractivity contribution in [3.8, 4) is 0 Å². The van der Waals surface area contributed by atoms with E-state index in [0.29, 0.717) is 13.0 Å². The van der Waals surface area contributed by atoms with E-state index in [9.17, 15) is 4.79 Å². The first-order chi connectivity index (χ1) is 11.5. The molecular formula is C16H28N4O3S. The van der Waals surface area contributed by atoms with E-state index in [1.54, 1.807) is 25.5 Å². The summed E-state index contributed by atoms with van der Waals surface area (Å²) in [6, 6.07) is 0. The fourth-order valence-electron chi connectivity index (χ4n) is 2.08. The lowest BCUT2D eigenvalue weighted by molar-refractivity contribution is -0.140. The van der Waals surface area contributed by atoms with E-state index in [2.05, 4.69) is 20.0 Å². The lowest BCUT2D eigenvalue weighted by Crippen LogP contribution is -2.39. The van der Waals surface area contributed by atoms with Crippen LogP contribution in [0.25, 0.3) is 0 Å². The quantitative estimate of drug-likeness (QED) is 0.316. The first-order valence-corrected chi connectivity index (χ1v) is 8.85. The predicted molar refractivity (Wildman–Crippen MR) is 96.2 cm³/mol. The number of aliphatic imine (C=N–C) groups is 1. The number of carbonyl (C=O) groups is 1. The highest BCUT2D eigenvalue weighted by Crippen LogP contribution is 2.20. The largest absolute Gasteiger partial charge is 0.469 e. The number of hydrogen-bond donors (Lipinski definition) is 1. The molecule has 8 heteroatoms. The van der Waals surface area contributed by atoms with E-state index in [4.69, 9.17) is 4.74 Å². The molecule has 1 aromatic rings. The van der Waals surface area contributed by atoms with Gasteiger partial charge in [0.2, 0.25) is 0 Å². The van der Waals surface area contributed by atoms with E-state index >= 15 is 0 Å². The second-order valence-electron chi connectivity index (χ2n) is 5.42. The van der Waals surface area contributed by atoms with Gasteiger partial charge in [0.25, 0.3) is 0 Å². The van der Waals surface area contributed by atoms with Gasteiger partial charge in [-0.3, -0.25) is 9.79 Å². The van der Waals surface area contributed by atoms with E-state index in [1.165, 1.54) is 7.11 Å². The average Bonchev–Trinajstić information content (AvgIpc) is 3.05. The number of ether oxygens (including phenoxy) is 2. The summed E-state index contributed by atoms with van der Waals surface area (Å²) in [5, 5.41) is 6.32. The first kappa shape index (κ1) is 20.4. The third-order valence-corrected chi connectivity index (χ3v) is 4.62. The van der Waals surface area contributed by atoms with Gasteiger partial charge in [-0.25, -0.2) is 4.98 Å². The summed E-state index contributed by atoms with van der Waals surface area (Å²) < 4.78 is 9.91. The standard InChI is InChI=1S/C16H28N4O3S/c1-12(22-4)15-19-13(11-24-15)10-20(3)16(17-2)18-9-7-6-8-14(21)23-5/h11-12H,6-10H2,1-5H3,(H,17,18). The molecule has 0 amide bonds. The van der Waals surface area contributed by atoms with Crippen LogP contribution in [0.4, 0.5) is 0 Å². The number of methoxy groups -OCH3 is 2. The maximum atomic E-state index is 11.1. The Balaban J connectivity index is 2.39. The fraction of sp³-hybridized carbons (Fsp3) is 0.688. The van der Waals surface area contributed by atoms with Crippen LogP contribution < -0.4 is 5.32 Å². The number of aromatic nitrogens is 1. The Labute approximate surface area is 148 Å². The van der Waals surface area contributed by atoms with Crippen LogP contribution in [0.3, 0.4) is 0 Å². The lowest BCUT2D eigenvalue weighted by atomic mass is 10.2. The molecule has 0 fully saturated rings. The number of nitrogens with one attached hydrogen (secondary N) is 1. The molecule has 136 valence electrons. The highest BCUT2D eigenvalue weighted by Gasteiger charge is 2.12. The van der Waals surface area contributed by atoms with Crippen molar-refractivity contribution in [2.45, 2.75) is 38.8 Å². The second kappa shape index (κ2) is 11.0. The maximum absolute atomic E-state index is 11.1. The topological polar surface area (TPSA) is 76.0 Å². The number of thiazole rings is 1. The van der Waals surface area contributed by atoms with E-state index in [-0.39, 0.29) is 12.1 Å². The fourth-order valence-corrected chi connectivity index (χ4v) is 2.92. The van der Waals surface area contributed by atoms with Gasteiger partial charge in [0.1, 0.15) is 11.1 Å². The highest BCUT2D eigenvalue weighted by atomic mass is 32.1. The van der Waals surface area contributed by atoms with Gasteiger partial charge in [-0.05, 0) is 19.8 Å². The van der Waals surface area contributed by atoms with Gasteiger partial charge in [-0.2, -0.15) is 0 Å². The van der Waals surface area contributed by atoms with Gasteiger partial charge in [-0.1, -0.05) is 0 Å². The molecule has 0 saturated carbocycles. The Hall–Kier alpha value is -1.67. The number of carbonyl (C=O) groups excluding carboxylic acids is 1. The van der Waals surface area contributed by atoms with Crippen molar-refractivity contribution in [2.24, 2.45) is 4.99 Å². The molecule has 0 spiro atoms. The monoisotopic (exact) mass is 356 g/mol. The lowest BCUT2D eigenvalue weighted by Gasteiger charge is -2.21. The van der Waals surface area contributed by atoms with Crippen LogP contribution in [0.1, 0.15) is 43.0 Å². The van der Waals surface area contributed by atoms with Crippen molar-refractivity contribution in [1.29, 1.82) is 0 Å². The minimum Gasteiger partial charge on any atom is -0.469 e. The minimum atomic E-state index is -0.166. The molecule has 1 N–H and O–H groups in total. The van der Waals surface area contributed by atoms with Gasteiger partial charge >= 0.3 is 5.97 Å². The number of guanidine groups is 1. The molecule has 1 rings (SSSR count). The van der Waals surface area contributed by atoms with E-state index in [1.807, 2.05) is 24.3 Å². The molecule has 0 bridgehead atoms. The van der Waals surface area contributed by atoms with Crippen LogP contribution in [0.5, 0.6) is 0 Å². The van der Waals surface area contributed by atoms with Gasteiger partial charge in [-0.15, -0.1) is 11.3 Å². The van der Waals surface area contributed by atoms with Crippen molar-refractivity contribution in [3.05, 3.63) is 16.1 Å². The summed E-state index contributed by atoms with van der Waals surface area (Å²) in [5.74, 6) is 0.642. The summed E-state index contributed by atoms with van der Waals surface area (Å²) in [4.78, 5) is 22.0. The number of nitrogens with zero attached hydrogens (tertiary/aromatic N) is 3. The van der Waals surface area contributed by atoms with Crippen molar-refractivity contribution in [2.75, 3.05) is 34.9 Å². The smallest absolute Gasteiger partial charge is 0.305 e. The summed E-state index contributed by atoms with van der Waals surface area (Å²) in [6.07, 6.45) is 2.14. The van der Waals surface area contributed by atoms with E-state index in [0.717, 1.165) is 36.0 Å². The third kappa shape index (κ3) is 6.84. The van der Waals surface area contributed by atoms with Crippen LogP contribution in [-0.4, -0.2) is 56.7 Å². The van der Waals surface area contributed by atoms with Gasteiger partial charge in [0, 0.05) is 39.6 Å². The highest BCUT2D eigenvalue weighted by molar-refractivity contribution is 7.09. The molecule has 0 aromatic carbocycles. The normalized spacial score (nSPS) is 12.8. The molecule has 7 nitrogen and oxygen atoms in total. The Bertz CT molecular complexity index is 533. The molecule has 1 heterocycles. The second-order valence-corrected chi connectivity index (χ2v) is 6.31. The molecule has 0 aliphatic carbocycles. The van der Waals surface area contributed by atoms with Crippen LogP contribution in [0, 0.1) is 0 Å². The molecule has 0 saturated heterocycles. The Kier molecular flexibility index (Phi) is 9.33. The van der Waals surface area contributed by atoms with Crippen molar-refractivity contribution < 1.29 is 14.3 Å². The molecule has 1 unspecified atom stereocenters. The zero-order valence-corrected chi connectivity index (χ0v) is 16.0. The van der Waals surface area contributed by atoms with Crippen molar-refractivity contribution in [3.63, 3.8) is 0 Å². The van der Waals surface area contributed by atoms with Crippen LogP contribution in [0.15, 0.2) is 10.4 Å². The molecular weight excluding hydrogens is 328 g/mol. The Morgan fingerprint density at radius 3 is 2.83 bits per heavy atom. The van der Waals surface area contributed by atoms with Crippen molar-refractivity contribution in [1.82, 2.24) is 15.2 Å². The summed E-state index contributed by atoms with van der Waals surface area (Å²) >= 11 is 1.61. The molecule has 1 atom stereocenters. The number of esters is 1. The van der Waals surface area contributed by atoms with Crippen LogP contribution in [-0.2, 0) is 20.8 Å². The molecule has 0 aliphatic heterocycles. The van der Waals surface area contributed by atoms with Crippen LogP contribution >= 0.6 is 11.3 Å². The first-order valence-electron chi connectivity index (χ1n) is 7.97. The Morgan fingerprint density at radius 1 is 1.46 bits per heavy atom. The van der Waals surface area contributed by atoms with Gasteiger partial charge in [0.05, 0.1) is 19.3 Å². The zero-order chi connectivity index (χ0) is 17.9. The predicted octanol–water partition coefficient (Wildman–Crippen LogP) is 2.20. The summed E-state index contributed by atoms with van der Waals surface area (Å²) in [7, 11) is 6.83. The molecule has 0 aliphatic rings. The molecule has 24 heavy (non-hydrogen) atoms. The third-order valence-electron chi connectivity index (χ3n) is 3.56. The Morgan fingerprint density at radius 2 is 2.21 bits per heavy atom. The average molecular weight is 356 g/mol.